The Kier molecular flexibility index (Phi) is 11.4. The summed E-state index contributed by atoms with van der Waals surface area (Å²) in [4.78, 5) is 34.4. The van der Waals surface area contributed by atoms with Gasteiger partial charge in [-0.3, -0.25) is 9.59 Å². The van der Waals surface area contributed by atoms with E-state index in [2.05, 4.69) is 20.5 Å². The maximum absolute atomic E-state index is 13.5. The van der Waals surface area contributed by atoms with Crippen molar-refractivity contribution in [2.24, 2.45) is 5.73 Å². The molecule has 3 rings (SSSR count). The average molecular weight is 552 g/mol. The first-order chi connectivity index (χ1) is 17.9. The van der Waals surface area contributed by atoms with Gasteiger partial charge < -0.3 is 31.3 Å². The minimum Gasteiger partial charge on any atom is -0.395 e. The third-order valence-corrected chi connectivity index (χ3v) is 7.08. The van der Waals surface area contributed by atoms with E-state index in [-0.39, 0.29) is 43.8 Å². The molecule has 2 aromatic rings. The molecule has 202 valence electrons. The summed E-state index contributed by atoms with van der Waals surface area (Å²) in [6.45, 7) is 5.11. The number of halogens is 2. The standard InChI is InChI=1S/C26H36Cl2N6O3/c1-2-21(17-35)31-16-19-4-3-9-30-25(19)33-10-12-34(13-11-33)26(37)23(32-24(36)7-8-29)14-18-5-6-20(27)15-22(18)28/h3-6,9,15,21,23,31,35H,2,7-8,10-14,16-17,29H2,1H3,(H,32,36)/t21?,23-/m1/s1. The molecule has 2 heterocycles. The fourth-order valence-electron chi connectivity index (χ4n) is 4.31. The van der Waals surface area contributed by atoms with E-state index in [4.69, 9.17) is 28.9 Å². The van der Waals surface area contributed by atoms with Crippen LogP contribution in [0.5, 0.6) is 0 Å². The van der Waals surface area contributed by atoms with Crippen LogP contribution in [0.4, 0.5) is 5.82 Å². The first-order valence-corrected chi connectivity index (χ1v) is 13.4. The molecule has 2 atom stereocenters. The zero-order valence-electron chi connectivity index (χ0n) is 21.1. The second-order valence-electron chi connectivity index (χ2n) is 9.07. The Labute approximate surface area is 228 Å². The smallest absolute Gasteiger partial charge is 0.245 e. The molecule has 0 bridgehead atoms. The van der Waals surface area contributed by atoms with Gasteiger partial charge in [-0.25, -0.2) is 4.98 Å². The Morgan fingerprint density at radius 1 is 1.16 bits per heavy atom. The van der Waals surface area contributed by atoms with Crippen molar-refractivity contribution in [1.82, 2.24) is 20.5 Å². The van der Waals surface area contributed by atoms with Crippen molar-refractivity contribution >= 4 is 40.8 Å². The summed E-state index contributed by atoms with van der Waals surface area (Å²) in [5.41, 5.74) is 7.31. The van der Waals surface area contributed by atoms with Gasteiger partial charge in [0.05, 0.1) is 6.61 Å². The van der Waals surface area contributed by atoms with E-state index < -0.39 is 6.04 Å². The van der Waals surface area contributed by atoms with Crippen LogP contribution in [-0.4, -0.2) is 78.2 Å². The van der Waals surface area contributed by atoms with Crippen LogP contribution < -0.4 is 21.3 Å². The number of nitrogens with one attached hydrogen (secondary N) is 2. The fraction of sp³-hybridized carbons (Fsp3) is 0.500. The van der Waals surface area contributed by atoms with Crippen molar-refractivity contribution in [3.05, 3.63) is 57.7 Å². The minimum atomic E-state index is -0.761. The number of aliphatic hydroxyl groups is 1. The molecule has 1 fully saturated rings. The number of anilines is 1. The number of rotatable bonds is 12. The molecule has 1 aliphatic rings. The molecular weight excluding hydrogens is 515 g/mol. The molecule has 1 aliphatic heterocycles. The highest BCUT2D eigenvalue weighted by Gasteiger charge is 2.30. The number of hydrogen-bond donors (Lipinski definition) is 4. The summed E-state index contributed by atoms with van der Waals surface area (Å²) in [6, 6.07) is 8.31. The topological polar surface area (TPSA) is 124 Å². The van der Waals surface area contributed by atoms with Crippen molar-refractivity contribution < 1.29 is 14.7 Å². The van der Waals surface area contributed by atoms with Gasteiger partial charge in [-0.05, 0) is 30.2 Å². The molecule has 1 aromatic heterocycles. The predicted molar refractivity (Wildman–Crippen MR) is 147 cm³/mol. The third kappa shape index (κ3) is 8.28. The lowest BCUT2D eigenvalue weighted by Crippen LogP contribution is -2.56. The lowest BCUT2D eigenvalue weighted by atomic mass is 10.0. The van der Waals surface area contributed by atoms with Crippen LogP contribution in [0.3, 0.4) is 0 Å². The maximum Gasteiger partial charge on any atom is 0.245 e. The van der Waals surface area contributed by atoms with Gasteiger partial charge in [0.2, 0.25) is 11.8 Å². The Bertz CT molecular complexity index is 1040. The Morgan fingerprint density at radius 3 is 2.57 bits per heavy atom. The molecule has 37 heavy (non-hydrogen) atoms. The molecular formula is C26H36Cl2N6O3. The van der Waals surface area contributed by atoms with E-state index in [0.29, 0.717) is 42.8 Å². The zero-order valence-corrected chi connectivity index (χ0v) is 22.6. The number of nitrogens with zero attached hydrogens (tertiary/aromatic N) is 3. The maximum atomic E-state index is 13.5. The molecule has 11 heteroatoms. The van der Waals surface area contributed by atoms with Gasteiger partial charge in [0.1, 0.15) is 11.9 Å². The second kappa shape index (κ2) is 14.5. The van der Waals surface area contributed by atoms with Crippen molar-refractivity contribution in [2.75, 3.05) is 44.2 Å². The number of hydrogen-bond acceptors (Lipinski definition) is 7. The number of amides is 2. The highest BCUT2D eigenvalue weighted by atomic mass is 35.5. The largest absolute Gasteiger partial charge is 0.395 e. The number of aromatic nitrogens is 1. The van der Waals surface area contributed by atoms with Crippen molar-refractivity contribution in [3.63, 3.8) is 0 Å². The van der Waals surface area contributed by atoms with Gasteiger partial charge in [-0.15, -0.1) is 0 Å². The molecule has 1 unspecified atom stereocenters. The number of pyridine rings is 1. The Hall–Kier alpha value is -2.43. The number of benzene rings is 1. The summed E-state index contributed by atoms with van der Waals surface area (Å²) in [5.74, 6) is 0.437. The Balaban J connectivity index is 1.68. The molecule has 0 aliphatic carbocycles. The monoisotopic (exact) mass is 550 g/mol. The fourth-order valence-corrected chi connectivity index (χ4v) is 4.79. The number of nitrogens with two attached hydrogens (primary N) is 1. The van der Waals surface area contributed by atoms with Crippen LogP contribution in [0.15, 0.2) is 36.5 Å². The van der Waals surface area contributed by atoms with Gasteiger partial charge in [-0.2, -0.15) is 0 Å². The van der Waals surface area contributed by atoms with Crippen LogP contribution >= 0.6 is 23.2 Å². The van der Waals surface area contributed by atoms with Crippen molar-refractivity contribution in [3.8, 4) is 0 Å². The number of aliphatic hydroxyl groups excluding tert-OH is 1. The minimum absolute atomic E-state index is 0.0306. The molecule has 0 spiro atoms. The van der Waals surface area contributed by atoms with Crippen LogP contribution in [0.1, 0.15) is 30.9 Å². The van der Waals surface area contributed by atoms with Gasteiger partial charge in [-0.1, -0.05) is 42.3 Å². The quantitative estimate of drug-likeness (QED) is 0.318. The third-order valence-electron chi connectivity index (χ3n) is 6.50. The lowest BCUT2D eigenvalue weighted by Gasteiger charge is -2.38. The average Bonchev–Trinajstić information content (AvgIpc) is 2.90. The van der Waals surface area contributed by atoms with Crippen LogP contribution in [0, 0.1) is 0 Å². The van der Waals surface area contributed by atoms with Crippen LogP contribution in [0.25, 0.3) is 0 Å². The molecule has 9 nitrogen and oxygen atoms in total. The number of carbonyl (C=O) groups excluding carboxylic acids is 2. The summed E-state index contributed by atoms with van der Waals surface area (Å²) in [7, 11) is 0. The highest BCUT2D eigenvalue weighted by Crippen LogP contribution is 2.23. The van der Waals surface area contributed by atoms with Gasteiger partial charge >= 0.3 is 0 Å². The molecule has 5 N–H and O–H groups in total. The predicted octanol–water partition coefficient (Wildman–Crippen LogP) is 1.97. The van der Waals surface area contributed by atoms with Gasteiger partial charge in [0, 0.05) is 80.0 Å². The Morgan fingerprint density at radius 2 is 1.92 bits per heavy atom. The van der Waals surface area contributed by atoms with E-state index in [1.54, 1.807) is 29.3 Å². The van der Waals surface area contributed by atoms with Crippen molar-refractivity contribution in [1.29, 1.82) is 0 Å². The van der Waals surface area contributed by atoms with Crippen LogP contribution in [-0.2, 0) is 22.6 Å². The summed E-state index contributed by atoms with van der Waals surface area (Å²) in [6.07, 6.45) is 2.98. The van der Waals surface area contributed by atoms with Gasteiger partial charge in [0.15, 0.2) is 0 Å². The van der Waals surface area contributed by atoms with E-state index in [1.165, 1.54) is 0 Å². The van der Waals surface area contributed by atoms with E-state index in [0.717, 1.165) is 23.4 Å². The normalized spacial score (nSPS) is 15.4. The molecule has 0 saturated carbocycles. The van der Waals surface area contributed by atoms with Crippen molar-refractivity contribution in [2.45, 2.75) is 44.8 Å². The highest BCUT2D eigenvalue weighted by molar-refractivity contribution is 6.35. The molecule has 2 amide bonds. The lowest BCUT2D eigenvalue weighted by molar-refractivity contribution is -0.136. The molecule has 1 saturated heterocycles. The zero-order chi connectivity index (χ0) is 26.8. The first kappa shape index (κ1) is 29.1. The molecule has 0 radical (unpaired) electrons. The van der Waals surface area contributed by atoms with E-state index in [1.807, 2.05) is 19.1 Å². The van der Waals surface area contributed by atoms with E-state index in [9.17, 15) is 14.7 Å². The number of piperazine rings is 1. The van der Waals surface area contributed by atoms with E-state index >= 15 is 0 Å². The van der Waals surface area contributed by atoms with Gasteiger partial charge in [0.25, 0.3) is 0 Å². The number of carbonyl (C=O) groups is 2. The summed E-state index contributed by atoms with van der Waals surface area (Å²) >= 11 is 12.4. The SMILES string of the molecule is CCC(CO)NCc1cccnc1N1CCN(C(=O)[C@@H](Cc2ccc(Cl)cc2Cl)NC(=O)CCN)CC1. The van der Waals surface area contributed by atoms with Crippen LogP contribution in [0.2, 0.25) is 10.0 Å². The molecule has 1 aromatic carbocycles. The first-order valence-electron chi connectivity index (χ1n) is 12.6. The summed E-state index contributed by atoms with van der Waals surface area (Å²) in [5, 5.41) is 16.6. The second-order valence-corrected chi connectivity index (χ2v) is 9.91. The summed E-state index contributed by atoms with van der Waals surface area (Å²) < 4.78 is 0.